The molecule has 0 radical (unpaired) electrons. The van der Waals surface area contributed by atoms with Crippen LogP contribution in [-0.4, -0.2) is 26.8 Å². The summed E-state index contributed by atoms with van der Waals surface area (Å²) in [5, 5.41) is 3.08. The number of likely N-dealkylation sites (N-methyl/N-ethyl adjacent to an activating group) is 1. The van der Waals surface area contributed by atoms with Gasteiger partial charge in [0, 0.05) is 12.6 Å². The highest BCUT2D eigenvalue weighted by molar-refractivity contribution is 5.37. The van der Waals surface area contributed by atoms with Crippen molar-refractivity contribution in [2.75, 3.05) is 26.8 Å². The molecule has 1 N–H and O–H groups in total. The van der Waals surface area contributed by atoms with Crippen LogP contribution in [0, 0.1) is 12.8 Å². The standard InChI is InChI=1S/C17H27NO2/c1-14-10-16(19-9-8-18-2)12-17(11-14)20-13-15-6-4-3-5-7-15/h10-12,15,18H,3-9,13H2,1-2H3. The van der Waals surface area contributed by atoms with E-state index >= 15 is 0 Å². The lowest BCUT2D eigenvalue weighted by Gasteiger charge is -2.22. The average Bonchev–Trinajstić information content (AvgIpc) is 2.46. The number of benzene rings is 1. The van der Waals surface area contributed by atoms with Crippen LogP contribution in [0.1, 0.15) is 37.7 Å². The number of hydrogen-bond acceptors (Lipinski definition) is 3. The number of ether oxygens (including phenoxy) is 2. The van der Waals surface area contributed by atoms with Crippen LogP contribution in [0.25, 0.3) is 0 Å². The molecule has 3 nitrogen and oxygen atoms in total. The highest BCUT2D eigenvalue weighted by Crippen LogP contribution is 2.27. The van der Waals surface area contributed by atoms with Crippen molar-refractivity contribution in [2.45, 2.75) is 39.0 Å². The van der Waals surface area contributed by atoms with E-state index in [2.05, 4.69) is 24.4 Å². The van der Waals surface area contributed by atoms with Crippen LogP contribution in [0.3, 0.4) is 0 Å². The Morgan fingerprint density at radius 2 is 1.75 bits per heavy atom. The maximum absolute atomic E-state index is 5.98. The first-order valence-corrected chi connectivity index (χ1v) is 7.80. The Morgan fingerprint density at radius 1 is 1.05 bits per heavy atom. The molecule has 0 atom stereocenters. The fraction of sp³-hybridized carbons (Fsp3) is 0.647. The largest absolute Gasteiger partial charge is 0.493 e. The predicted molar refractivity (Wildman–Crippen MR) is 82.7 cm³/mol. The quantitative estimate of drug-likeness (QED) is 0.773. The average molecular weight is 277 g/mol. The Balaban J connectivity index is 1.86. The fourth-order valence-electron chi connectivity index (χ4n) is 2.72. The van der Waals surface area contributed by atoms with Gasteiger partial charge in [-0.3, -0.25) is 0 Å². The van der Waals surface area contributed by atoms with Crippen molar-refractivity contribution in [1.29, 1.82) is 0 Å². The van der Waals surface area contributed by atoms with Gasteiger partial charge >= 0.3 is 0 Å². The Kier molecular flexibility index (Phi) is 6.19. The Labute approximate surface area is 122 Å². The lowest BCUT2D eigenvalue weighted by atomic mass is 9.90. The number of nitrogens with one attached hydrogen (secondary N) is 1. The normalized spacial score (nSPS) is 16.1. The van der Waals surface area contributed by atoms with E-state index in [1.807, 2.05) is 13.1 Å². The number of rotatable bonds is 7. The topological polar surface area (TPSA) is 30.5 Å². The third kappa shape index (κ3) is 5.04. The molecule has 0 heterocycles. The van der Waals surface area contributed by atoms with Gasteiger partial charge < -0.3 is 14.8 Å². The second-order valence-corrected chi connectivity index (χ2v) is 5.75. The summed E-state index contributed by atoms with van der Waals surface area (Å²) in [6.45, 7) is 4.46. The van der Waals surface area contributed by atoms with Crippen LogP contribution in [0.15, 0.2) is 18.2 Å². The van der Waals surface area contributed by atoms with Gasteiger partial charge in [-0.2, -0.15) is 0 Å². The van der Waals surface area contributed by atoms with Crippen molar-refractivity contribution in [1.82, 2.24) is 5.32 Å². The number of aryl methyl sites for hydroxylation is 1. The second kappa shape index (κ2) is 8.15. The second-order valence-electron chi connectivity index (χ2n) is 5.75. The van der Waals surface area contributed by atoms with Gasteiger partial charge in [-0.15, -0.1) is 0 Å². The van der Waals surface area contributed by atoms with E-state index in [4.69, 9.17) is 9.47 Å². The summed E-state index contributed by atoms with van der Waals surface area (Å²) in [5.41, 5.74) is 1.19. The molecule has 1 aromatic carbocycles. The van der Waals surface area contributed by atoms with Crippen molar-refractivity contribution in [3.63, 3.8) is 0 Å². The summed E-state index contributed by atoms with van der Waals surface area (Å²) in [7, 11) is 1.93. The molecule has 20 heavy (non-hydrogen) atoms. The molecule has 1 aliphatic carbocycles. The van der Waals surface area contributed by atoms with Gasteiger partial charge in [-0.05, 0) is 50.4 Å². The van der Waals surface area contributed by atoms with Crippen molar-refractivity contribution >= 4 is 0 Å². The maximum Gasteiger partial charge on any atom is 0.123 e. The monoisotopic (exact) mass is 277 g/mol. The van der Waals surface area contributed by atoms with E-state index in [1.54, 1.807) is 0 Å². The molecule has 3 heteroatoms. The van der Waals surface area contributed by atoms with Crippen molar-refractivity contribution < 1.29 is 9.47 Å². The Bertz CT molecular complexity index is 400. The summed E-state index contributed by atoms with van der Waals surface area (Å²) in [4.78, 5) is 0. The third-order valence-electron chi connectivity index (χ3n) is 3.86. The molecule has 0 unspecified atom stereocenters. The fourth-order valence-corrected chi connectivity index (χ4v) is 2.72. The highest BCUT2D eigenvalue weighted by Gasteiger charge is 2.14. The molecule has 2 rings (SSSR count). The predicted octanol–water partition coefficient (Wildman–Crippen LogP) is 3.55. The van der Waals surface area contributed by atoms with E-state index in [1.165, 1.54) is 37.7 Å². The molecule has 1 aromatic rings. The molecule has 0 aromatic heterocycles. The minimum Gasteiger partial charge on any atom is -0.493 e. The van der Waals surface area contributed by atoms with Crippen LogP contribution in [-0.2, 0) is 0 Å². The van der Waals surface area contributed by atoms with Gasteiger partial charge in [0.2, 0.25) is 0 Å². The van der Waals surface area contributed by atoms with Crippen LogP contribution >= 0.6 is 0 Å². The van der Waals surface area contributed by atoms with Crippen LogP contribution in [0.4, 0.5) is 0 Å². The third-order valence-corrected chi connectivity index (χ3v) is 3.86. The van der Waals surface area contributed by atoms with E-state index in [0.29, 0.717) is 6.61 Å². The lowest BCUT2D eigenvalue weighted by Crippen LogP contribution is -2.16. The zero-order chi connectivity index (χ0) is 14.2. The molecule has 0 amide bonds. The highest BCUT2D eigenvalue weighted by atomic mass is 16.5. The van der Waals surface area contributed by atoms with Gasteiger partial charge in [0.1, 0.15) is 18.1 Å². The van der Waals surface area contributed by atoms with Gasteiger partial charge in [-0.1, -0.05) is 19.3 Å². The smallest absolute Gasteiger partial charge is 0.123 e. The van der Waals surface area contributed by atoms with Gasteiger partial charge in [0.15, 0.2) is 0 Å². The maximum atomic E-state index is 5.98. The summed E-state index contributed by atoms with van der Waals surface area (Å²) < 4.78 is 11.7. The van der Waals surface area contributed by atoms with E-state index in [0.717, 1.165) is 30.6 Å². The van der Waals surface area contributed by atoms with Crippen LogP contribution in [0.5, 0.6) is 11.5 Å². The van der Waals surface area contributed by atoms with E-state index in [-0.39, 0.29) is 0 Å². The first-order valence-electron chi connectivity index (χ1n) is 7.80. The molecular formula is C17H27NO2. The van der Waals surface area contributed by atoms with Crippen LogP contribution < -0.4 is 14.8 Å². The molecule has 0 spiro atoms. The van der Waals surface area contributed by atoms with Crippen molar-refractivity contribution in [2.24, 2.45) is 5.92 Å². The molecular weight excluding hydrogens is 250 g/mol. The van der Waals surface area contributed by atoms with Crippen molar-refractivity contribution in [3.05, 3.63) is 23.8 Å². The molecule has 112 valence electrons. The first kappa shape index (κ1) is 15.2. The summed E-state index contributed by atoms with van der Waals surface area (Å²) in [6, 6.07) is 6.16. The zero-order valence-electron chi connectivity index (χ0n) is 12.8. The molecule has 0 saturated heterocycles. The molecule has 1 saturated carbocycles. The summed E-state index contributed by atoms with van der Waals surface area (Å²) in [6.07, 6.45) is 6.75. The molecule has 0 aliphatic heterocycles. The zero-order valence-corrected chi connectivity index (χ0v) is 12.8. The lowest BCUT2D eigenvalue weighted by molar-refractivity contribution is 0.207. The molecule has 1 fully saturated rings. The number of hydrogen-bond donors (Lipinski definition) is 1. The Hall–Kier alpha value is -1.22. The minimum atomic E-state index is 0.683. The first-order chi connectivity index (χ1) is 9.78. The van der Waals surface area contributed by atoms with E-state index in [9.17, 15) is 0 Å². The van der Waals surface area contributed by atoms with Crippen LogP contribution in [0.2, 0.25) is 0 Å². The summed E-state index contributed by atoms with van der Waals surface area (Å²) in [5.74, 6) is 2.58. The Morgan fingerprint density at radius 3 is 2.45 bits per heavy atom. The van der Waals surface area contributed by atoms with Gasteiger partial charge in [0.25, 0.3) is 0 Å². The summed E-state index contributed by atoms with van der Waals surface area (Å²) >= 11 is 0. The molecule has 0 bridgehead atoms. The SMILES string of the molecule is CNCCOc1cc(C)cc(OCC2CCCCC2)c1. The minimum absolute atomic E-state index is 0.683. The van der Waals surface area contributed by atoms with Crippen molar-refractivity contribution in [3.8, 4) is 11.5 Å². The van der Waals surface area contributed by atoms with Gasteiger partial charge in [0.05, 0.1) is 6.61 Å². The molecule has 1 aliphatic rings. The van der Waals surface area contributed by atoms with Gasteiger partial charge in [-0.25, -0.2) is 0 Å². The van der Waals surface area contributed by atoms with E-state index < -0.39 is 0 Å².